The van der Waals surface area contributed by atoms with Crippen LogP contribution in [0, 0.1) is 0 Å². The van der Waals surface area contributed by atoms with Crippen LogP contribution in [0.25, 0.3) is 5.57 Å². The molecule has 0 radical (unpaired) electrons. The fraction of sp³-hybridized carbons (Fsp3) is 0.111. The predicted molar refractivity (Wildman–Crippen MR) is 41.6 cm³/mol. The van der Waals surface area contributed by atoms with Crippen molar-refractivity contribution in [3.05, 3.63) is 42.0 Å². The van der Waals surface area contributed by atoms with Gasteiger partial charge in [-0.25, -0.2) is 4.39 Å². The number of allylic oxidation sites excluding steroid dienone is 1. The Kier molecular flexibility index (Phi) is 2.91. The van der Waals surface area contributed by atoms with Crippen molar-refractivity contribution < 1.29 is 13.2 Å². The smallest absolute Gasteiger partial charge is 0.246 e. The van der Waals surface area contributed by atoms with Crippen molar-refractivity contribution in [3.63, 3.8) is 0 Å². The molecule has 0 heterocycles. The number of hydrogen-bond acceptors (Lipinski definition) is 0. The van der Waals surface area contributed by atoms with Crippen LogP contribution >= 0.6 is 0 Å². The van der Waals surface area contributed by atoms with Gasteiger partial charge < -0.3 is 0 Å². The summed E-state index contributed by atoms with van der Waals surface area (Å²) in [4.78, 5) is 0. The molecule has 0 fully saturated rings. The van der Waals surface area contributed by atoms with Gasteiger partial charge in [0.05, 0.1) is 5.57 Å². The molecule has 0 N–H and O–H groups in total. The highest BCUT2D eigenvalue weighted by Gasteiger charge is 2.07. The topological polar surface area (TPSA) is 0 Å². The molecule has 0 saturated carbocycles. The largest absolute Gasteiger partial charge is 0.276 e. The van der Waals surface area contributed by atoms with Crippen LogP contribution < -0.4 is 0 Å². The first kappa shape index (κ1) is 8.84. The van der Waals surface area contributed by atoms with Gasteiger partial charge in [0.2, 0.25) is 0 Å². The lowest BCUT2D eigenvalue weighted by molar-refractivity contribution is 0.417. The minimum atomic E-state index is -1.95. The first-order valence-electron chi connectivity index (χ1n) is 3.41. The maximum Gasteiger partial charge on any atom is 0.276 e. The Morgan fingerprint density at radius 1 is 1.08 bits per heavy atom. The molecule has 1 rings (SSSR count). The average molecular weight is 172 g/mol. The summed E-state index contributed by atoms with van der Waals surface area (Å²) < 4.78 is 36.1. The quantitative estimate of drug-likeness (QED) is 0.642. The summed E-state index contributed by atoms with van der Waals surface area (Å²) in [6.45, 7) is -1.13. The highest BCUT2D eigenvalue weighted by molar-refractivity contribution is 5.66. The normalized spacial score (nSPS) is 9.58. The van der Waals surface area contributed by atoms with Crippen LogP contribution in [0.4, 0.5) is 13.2 Å². The highest BCUT2D eigenvalue weighted by atomic mass is 19.3. The lowest BCUT2D eigenvalue weighted by Gasteiger charge is -1.99. The van der Waals surface area contributed by atoms with E-state index in [2.05, 4.69) is 0 Å². The summed E-state index contributed by atoms with van der Waals surface area (Å²) in [6, 6.07) is 7.78. The molecule has 0 nitrogen and oxygen atoms in total. The molecule has 0 bridgehead atoms. The molecule has 0 aliphatic rings. The summed E-state index contributed by atoms with van der Waals surface area (Å²) in [7, 11) is 0. The molecule has 0 atom stereocenters. The number of hydrogen-bond donors (Lipinski definition) is 0. The number of halogens is 3. The highest BCUT2D eigenvalue weighted by Crippen LogP contribution is 2.20. The first-order chi connectivity index (χ1) is 5.75. The maximum atomic E-state index is 12.1. The molecule has 1 aromatic carbocycles. The van der Waals surface area contributed by atoms with Gasteiger partial charge in [-0.15, -0.1) is 0 Å². The predicted octanol–water partition coefficient (Wildman–Crippen LogP) is 3.26. The van der Waals surface area contributed by atoms with E-state index in [-0.39, 0.29) is 5.56 Å². The zero-order chi connectivity index (χ0) is 8.97. The van der Waals surface area contributed by atoms with Crippen molar-refractivity contribution in [2.75, 3.05) is 6.67 Å². The van der Waals surface area contributed by atoms with Crippen molar-refractivity contribution in [1.29, 1.82) is 0 Å². The zero-order valence-electron chi connectivity index (χ0n) is 6.23. The van der Waals surface area contributed by atoms with Crippen LogP contribution in [-0.4, -0.2) is 6.67 Å². The summed E-state index contributed by atoms with van der Waals surface area (Å²) in [5.74, 6) is 0. The van der Waals surface area contributed by atoms with E-state index in [4.69, 9.17) is 0 Å². The van der Waals surface area contributed by atoms with Crippen molar-refractivity contribution in [3.8, 4) is 0 Å². The molecule has 0 spiro atoms. The van der Waals surface area contributed by atoms with Crippen LogP contribution in [0.5, 0.6) is 0 Å². The summed E-state index contributed by atoms with van der Waals surface area (Å²) >= 11 is 0. The van der Waals surface area contributed by atoms with Gasteiger partial charge >= 0.3 is 0 Å². The molecule has 0 aromatic heterocycles. The van der Waals surface area contributed by atoms with E-state index in [0.29, 0.717) is 0 Å². The summed E-state index contributed by atoms with van der Waals surface area (Å²) in [5.41, 5.74) is -0.296. The van der Waals surface area contributed by atoms with Crippen LogP contribution in [0.2, 0.25) is 0 Å². The van der Waals surface area contributed by atoms with Gasteiger partial charge in [0.15, 0.2) is 0 Å². The van der Waals surface area contributed by atoms with E-state index in [9.17, 15) is 13.2 Å². The Labute approximate surface area is 68.3 Å². The second-order valence-electron chi connectivity index (χ2n) is 2.24. The number of benzene rings is 1. The van der Waals surface area contributed by atoms with Gasteiger partial charge in [0.1, 0.15) is 6.67 Å². The lowest BCUT2D eigenvalue weighted by atomic mass is 10.1. The van der Waals surface area contributed by atoms with E-state index in [1.165, 1.54) is 12.1 Å². The van der Waals surface area contributed by atoms with Crippen molar-refractivity contribution in [2.24, 2.45) is 0 Å². The van der Waals surface area contributed by atoms with E-state index in [1.54, 1.807) is 18.2 Å². The van der Waals surface area contributed by atoms with Crippen LogP contribution in [0.15, 0.2) is 36.4 Å². The SMILES string of the molecule is FCC(=C(F)F)c1ccccc1. The van der Waals surface area contributed by atoms with Gasteiger partial charge in [0, 0.05) is 0 Å². The van der Waals surface area contributed by atoms with Gasteiger partial charge in [-0.3, -0.25) is 0 Å². The number of rotatable bonds is 2. The lowest BCUT2D eigenvalue weighted by Crippen LogP contribution is -1.87. The fourth-order valence-electron chi connectivity index (χ4n) is 0.876. The summed E-state index contributed by atoms with van der Waals surface area (Å²) in [5, 5.41) is 0. The van der Waals surface area contributed by atoms with Crippen molar-refractivity contribution in [1.82, 2.24) is 0 Å². The van der Waals surface area contributed by atoms with Gasteiger partial charge in [0.25, 0.3) is 6.08 Å². The molecule has 64 valence electrons. The number of alkyl halides is 1. The molecular weight excluding hydrogens is 165 g/mol. The standard InChI is InChI=1S/C9H7F3/c10-6-8(9(11)12)7-4-2-1-3-5-7/h1-5H,6H2. The van der Waals surface area contributed by atoms with Crippen LogP contribution in [0.3, 0.4) is 0 Å². The Bertz CT molecular complexity index is 273. The van der Waals surface area contributed by atoms with E-state index in [0.717, 1.165) is 0 Å². The summed E-state index contributed by atoms with van der Waals surface area (Å²) in [6.07, 6.45) is -1.95. The van der Waals surface area contributed by atoms with E-state index < -0.39 is 18.3 Å². The maximum absolute atomic E-state index is 12.1. The van der Waals surface area contributed by atoms with Crippen molar-refractivity contribution in [2.45, 2.75) is 0 Å². The third kappa shape index (κ3) is 1.87. The van der Waals surface area contributed by atoms with Crippen molar-refractivity contribution >= 4 is 5.57 Å². The molecule has 0 saturated heterocycles. The average Bonchev–Trinajstić information content (AvgIpc) is 2.07. The minimum Gasteiger partial charge on any atom is -0.246 e. The van der Waals surface area contributed by atoms with E-state index >= 15 is 0 Å². The third-order valence-corrected chi connectivity index (χ3v) is 1.48. The Balaban J connectivity index is 3.05. The second-order valence-corrected chi connectivity index (χ2v) is 2.24. The molecule has 0 amide bonds. The van der Waals surface area contributed by atoms with Crippen LogP contribution in [-0.2, 0) is 0 Å². The van der Waals surface area contributed by atoms with Gasteiger partial charge in [-0.05, 0) is 5.56 Å². The minimum absolute atomic E-state index is 0.236. The van der Waals surface area contributed by atoms with Crippen LogP contribution in [0.1, 0.15) is 5.56 Å². The zero-order valence-corrected chi connectivity index (χ0v) is 6.23. The molecule has 12 heavy (non-hydrogen) atoms. The Hall–Kier alpha value is -1.25. The molecule has 3 heteroatoms. The monoisotopic (exact) mass is 172 g/mol. The molecule has 1 aromatic rings. The third-order valence-electron chi connectivity index (χ3n) is 1.48. The Morgan fingerprint density at radius 2 is 1.67 bits per heavy atom. The van der Waals surface area contributed by atoms with Gasteiger partial charge in [-0.2, -0.15) is 8.78 Å². The second kappa shape index (κ2) is 3.95. The molecule has 0 aliphatic heterocycles. The fourth-order valence-corrected chi connectivity index (χ4v) is 0.876. The Morgan fingerprint density at radius 3 is 2.08 bits per heavy atom. The van der Waals surface area contributed by atoms with E-state index in [1.807, 2.05) is 0 Å². The van der Waals surface area contributed by atoms with Gasteiger partial charge in [-0.1, -0.05) is 30.3 Å². The first-order valence-corrected chi connectivity index (χ1v) is 3.41. The molecular formula is C9H7F3. The molecule has 0 unspecified atom stereocenters. The molecule has 0 aliphatic carbocycles.